The number of para-hydroxylation sites is 3. The second kappa shape index (κ2) is 22.9. The zero-order chi connectivity index (χ0) is 75.0. The number of rotatable bonds is 7. The lowest BCUT2D eigenvalue weighted by Gasteiger charge is -2.41. The standard InChI is InChI=1S/C108H68B2N4O2/c1-7-25-61(26-8-1)71-54-88-99-89(55-71)113-102(66-35-17-6-18-36-66)96(64-31-13-4-14-32-64)84-53-70-46-45-67(51-80(70)98(106(84)113)110(99)85-42-24-41-77-81-59-82-74-39-21-22-44-92(74)115-94(82)60-87(81)111(88)103(77)85)68-47-48-75-79-50-49-78-76-40-23-43-86-104(76)114(107(78)108(79)116-93(75)58-68)91-57-72(62-27-9-2-10-28-62)56-90-100(91)109(86)97-73-38-20-19-37-69(73)52-83-95(63-29-11-3-12-30-63)101(112(90)105(83)97)65-33-15-5-16-34-65/h1-44,47-48,51-52,54-58,60,70,82H,45-46,49-50,53,59H2. The smallest absolute Gasteiger partial charge is 0.253 e. The van der Waals surface area contributed by atoms with Crippen LogP contribution in [0.1, 0.15) is 63.5 Å². The van der Waals surface area contributed by atoms with E-state index in [4.69, 9.17) is 9.15 Å². The van der Waals surface area contributed by atoms with Crippen molar-refractivity contribution < 1.29 is 9.15 Å². The van der Waals surface area contributed by atoms with Crippen LogP contribution in [0.2, 0.25) is 0 Å². The molecule has 0 spiro atoms. The van der Waals surface area contributed by atoms with E-state index in [1.54, 1.807) is 0 Å². The van der Waals surface area contributed by atoms with Crippen LogP contribution in [0.5, 0.6) is 5.75 Å². The van der Waals surface area contributed by atoms with E-state index in [0.29, 0.717) is 0 Å². The van der Waals surface area contributed by atoms with Gasteiger partial charge in [-0.1, -0.05) is 279 Å². The van der Waals surface area contributed by atoms with Gasteiger partial charge in [-0.3, -0.25) is 0 Å². The molecule has 5 aliphatic heterocycles. The summed E-state index contributed by atoms with van der Waals surface area (Å²) >= 11 is 0. The average Bonchev–Trinajstić information content (AvgIpc) is 1.47. The van der Waals surface area contributed by atoms with Crippen LogP contribution in [0.3, 0.4) is 0 Å². The second-order valence-corrected chi connectivity index (χ2v) is 33.7. The van der Waals surface area contributed by atoms with Gasteiger partial charge in [-0.15, -0.1) is 0 Å². The van der Waals surface area contributed by atoms with E-state index in [-0.39, 0.29) is 25.3 Å². The molecule has 0 saturated heterocycles. The molecule has 0 amide bonds. The summed E-state index contributed by atoms with van der Waals surface area (Å²) in [4.78, 5) is 0. The summed E-state index contributed by atoms with van der Waals surface area (Å²) in [5, 5.41) is 7.68. The third kappa shape index (κ3) is 8.13. The van der Waals surface area contributed by atoms with Crippen molar-refractivity contribution in [1.82, 2.24) is 18.3 Å². The van der Waals surface area contributed by atoms with Gasteiger partial charge >= 0.3 is 0 Å². The molecule has 9 aliphatic rings. The van der Waals surface area contributed by atoms with Gasteiger partial charge in [0, 0.05) is 89.4 Å². The minimum atomic E-state index is -0.0683. The van der Waals surface area contributed by atoms with Crippen molar-refractivity contribution in [3.63, 3.8) is 0 Å². The summed E-state index contributed by atoms with van der Waals surface area (Å²) in [5.41, 5.74) is 47.3. The van der Waals surface area contributed by atoms with Gasteiger partial charge in [0.1, 0.15) is 17.1 Å². The van der Waals surface area contributed by atoms with Crippen LogP contribution in [-0.2, 0) is 25.7 Å². The normalized spacial score (nSPS) is 16.2. The lowest BCUT2D eigenvalue weighted by Crippen LogP contribution is -2.59. The molecule has 0 saturated carbocycles. The maximum Gasteiger partial charge on any atom is 0.253 e. The molecule has 28 rings (SSSR count). The molecule has 2 atom stereocenters. The van der Waals surface area contributed by atoms with Crippen LogP contribution < -0.4 is 32.1 Å². The third-order valence-corrected chi connectivity index (χ3v) is 28.1. The topological polar surface area (TPSA) is 42.1 Å². The summed E-state index contributed by atoms with van der Waals surface area (Å²) in [6.07, 6.45) is 10.7. The van der Waals surface area contributed by atoms with Crippen LogP contribution in [0.15, 0.2) is 337 Å². The maximum atomic E-state index is 7.82. The summed E-state index contributed by atoms with van der Waals surface area (Å²) in [7, 11) is 0. The summed E-state index contributed by atoms with van der Waals surface area (Å²) < 4.78 is 25.5. The van der Waals surface area contributed by atoms with Gasteiger partial charge in [0.2, 0.25) is 0 Å². The van der Waals surface area contributed by atoms with Gasteiger partial charge in [0.25, 0.3) is 13.4 Å². The Labute approximate surface area is 670 Å². The van der Waals surface area contributed by atoms with Crippen molar-refractivity contribution in [2.75, 3.05) is 0 Å². The first-order chi connectivity index (χ1) is 57.6. The molecule has 4 aliphatic carbocycles. The molecule has 0 radical (unpaired) electrons. The highest BCUT2D eigenvalue weighted by atomic mass is 16.5. The zero-order valence-electron chi connectivity index (χ0n) is 63.3. The van der Waals surface area contributed by atoms with Crippen LogP contribution in [0, 0.1) is 5.92 Å². The Balaban J connectivity index is 0.670. The summed E-state index contributed by atoms with van der Waals surface area (Å²) in [6, 6.07) is 120. The summed E-state index contributed by atoms with van der Waals surface area (Å²) in [5.74, 6) is 3.44. The predicted octanol–water partition coefficient (Wildman–Crippen LogP) is 22.5. The van der Waals surface area contributed by atoms with Crippen molar-refractivity contribution >= 4 is 112 Å². The van der Waals surface area contributed by atoms with Gasteiger partial charge in [0.15, 0.2) is 5.76 Å². The largest absolute Gasteiger partial charge is 0.461 e. The highest BCUT2D eigenvalue weighted by molar-refractivity contribution is 7.03. The molecule has 10 heterocycles. The number of aryl methyl sites for hydroxylation is 2. The predicted molar refractivity (Wildman–Crippen MR) is 478 cm³/mol. The Hall–Kier alpha value is -14.1. The van der Waals surface area contributed by atoms with Crippen LogP contribution in [0.4, 0.5) is 0 Å². The fourth-order valence-electron chi connectivity index (χ4n) is 23.6. The third-order valence-electron chi connectivity index (χ3n) is 28.1. The quantitative estimate of drug-likeness (QED) is 0.149. The van der Waals surface area contributed by atoms with Crippen molar-refractivity contribution in [2.45, 2.75) is 44.4 Å². The van der Waals surface area contributed by atoms with Crippen LogP contribution in [-0.4, -0.2) is 31.7 Å². The number of hydrogen-bond donors (Lipinski definition) is 0. The Bertz CT molecular complexity index is 7780. The number of ether oxygens (including phenoxy) is 1. The van der Waals surface area contributed by atoms with E-state index in [1.165, 1.54) is 233 Å². The van der Waals surface area contributed by atoms with Crippen molar-refractivity contribution in [3.8, 4) is 107 Å². The van der Waals surface area contributed by atoms with Crippen molar-refractivity contribution in [3.05, 3.63) is 378 Å². The first kappa shape index (κ1) is 62.5. The molecule has 116 heavy (non-hydrogen) atoms. The van der Waals surface area contributed by atoms with Crippen LogP contribution >= 0.6 is 0 Å². The van der Waals surface area contributed by atoms with E-state index in [9.17, 15) is 0 Å². The van der Waals surface area contributed by atoms with Crippen molar-refractivity contribution in [2.24, 2.45) is 5.92 Å². The first-order valence-corrected chi connectivity index (χ1v) is 41.5. The number of hydrogen-bond acceptors (Lipinski definition) is 2. The van der Waals surface area contributed by atoms with E-state index in [0.717, 1.165) is 61.4 Å². The average molecular weight is 1480 g/mol. The van der Waals surface area contributed by atoms with E-state index in [2.05, 4.69) is 346 Å². The molecule has 0 bridgehead atoms. The lowest BCUT2D eigenvalue weighted by atomic mass is 9.31. The molecule has 14 aromatic carbocycles. The number of aromatic nitrogens is 4. The number of nitrogens with zero attached hydrogens (tertiary/aromatic N) is 4. The summed E-state index contributed by atoms with van der Waals surface area (Å²) in [6.45, 7) is -0.135. The fourth-order valence-corrected chi connectivity index (χ4v) is 23.6. The van der Waals surface area contributed by atoms with Gasteiger partial charge < -0.3 is 27.4 Å². The highest BCUT2D eigenvalue weighted by Gasteiger charge is 2.51. The minimum absolute atomic E-state index is 0.0662. The number of fused-ring (bicyclic) bond motifs is 24. The van der Waals surface area contributed by atoms with Crippen LogP contribution in [0.25, 0.3) is 173 Å². The second-order valence-electron chi connectivity index (χ2n) is 33.7. The number of furan rings is 1. The molecule has 0 N–H and O–H groups in total. The first-order valence-electron chi connectivity index (χ1n) is 41.5. The van der Waals surface area contributed by atoms with Gasteiger partial charge in [0.05, 0.1) is 34.2 Å². The lowest BCUT2D eigenvalue weighted by molar-refractivity contribution is 0.429. The molecule has 19 aromatic rings. The Kier molecular flexibility index (Phi) is 12.3. The van der Waals surface area contributed by atoms with Crippen molar-refractivity contribution in [1.29, 1.82) is 0 Å². The number of benzene rings is 14. The van der Waals surface area contributed by atoms with Gasteiger partial charge in [-0.05, 0) is 208 Å². The van der Waals surface area contributed by atoms with E-state index in [1.807, 2.05) is 0 Å². The number of allylic oxidation sites excluding steroid dienone is 4. The highest BCUT2D eigenvalue weighted by Crippen LogP contribution is 2.58. The van der Waals surface area contributed by atoms with E-state index >= 15 is 0 Å². The Morgan fingerprint density at radius 3 is 1.59 bits per heavy atom. The molecule has 6 nitrogen and oxygen atoms in total. The molecule has 2 unspecified atom stereocenters. The zero-order valence-corrected chi connectivity index (χ0v) is 63.3. The molecule has 0 fully saturated rings. The van der Waals surface area contributed by atoms with Gasteiger partial charge in [-0.2, -0.15) is 0 Å². The Morgan fingerprint density at radius 2 is 0.888 bits per heavy atom. The molecule has 5 aromatic heterocycles. The molecular weight excluding hydrogens is 1410 g/mol. The maximum absolute atomic E-state index is 7.82. The fraction of sp³-hybridized carbons (Fsp3) is 0.0741. The van der Waals surface area contributed by atoms with Gasteiger partial charge in [-0.25, -0.2) is 0 Å². The molecular formula is C108H68B2N4O2. The molecule has 538 valence electrons. The Morgan fingerprint density at radius 1 is 0.336 bits per heavy atom. The van der Waals surface area contributed by atoms with E-state index < -0.39 is 0 Å². The minimum Gasteiger partial charge on any atom is -0.461 e. The molecule has 8 heteroatoms. The monoisotopic (exact) mass is 1470 g/mol. The SMILES string of the molecule is C1=C(c2ccc3c4c(oc3c2)-c2c(c3cccc5c3n2-c2cc(-c3ccccc3)cc3c2B5c2c5ccccc5cc5c(-c6ccccc6)c(-c6ccccc6)n-3c25)CC4)CCC2Cc3c(-c4ccccc4)c(-c4ccccc4)n4c3C(=C12)B1c2c-4cc(-c3ccccc3)cc2-n2c3c(c4cccc1c42)CC1C(=C3)Oc2ccccc21.